The molecule has 0 saturated carbocycles. The van der Waals surface area contributed by atoms with Crippen molar-refractivity contribution in [1.29, 1.82) is 0 Å². The molecule has 0 bridgehead atoms. The quantitative estimate of drug-likeness (QED) is 0.873. The van der Waals surface area contributed by atoms with Gasteiger partial charge >= 0.3 is 0 Å². The first-order chi connectivity index (χ1) is 11.2. The minimum atomic E-state index is -0.0914. The van der Waals surface area contributed by atoms with Gasteiger partial charge in [-0.25, -0.2) is 0 Å². The smallest absolute Gasteiger partial charge is 0.289 e. The second-order valence-electron chi connectivity index (χ2n) is 5.18. The number of halogens is 1. The number of piperazine rings is 1. The van der Waals surface area contributed by atoms with Gasteiger partial charge in [0.05, 0.1) is 17.0 Å². The normalized spacial score (nSPS) is 14.7. The Balaban J connectivity index is 1.65. The zero-order valence-electron chi connectivity index (χ0n) is 12.4. The minimum Gasteiger partial charge on any atom is -0.459 e. The van der Waals surface area contributed by atoms with E-state index in [9.17, 15) is 9.59 Å². The molecule has 0 radical (unpaired) electrons. The van der Waals surface area contributed by atoms with Crippen LogP contribution < -0.4 is 10.2 Å². The van der Waals surface area contributed by atoms with Gasteiger partial charge < -0.3 is 19.5 Å². The van der Waals surface area contributed by atoms with E-state index < -0.39 is 0 Å². The fraction of sp³-hybridized carbons (Fsp3) is 0.250. The first-order valence-corrected chi connectivity index (χ1v) is 7.64. The van der Waals surface area contributed by atoms with Crippen LogP contribution in [0.1, 0.15) is 10.6 Å². The number of carbonyl (C=O) groups excluding carboxylic acids is 2. The van der Waals surface area contributed by atoms with Gasteiger partial charge in [-0.1, -0.05) is 11.6 Å². The van der Waals surface area contributed by atoms with Gasteiger partial charge in [-0.05, 0) is 30.3 Å². The summed E-state index contributed by atoms with van der Waals surface area (Å²) in [5, 5.41) is 3.14. The van der Waals surface area contributed by atoms with Crippen molar-refractivity contribution >= 4 is 35.3 Å². The molecule has 1 aliphatic heterocycles. The van der Waals surface area contributed by atoms with Crippen molar-refractivity contribution in [3.05, 3.63) is 47.4 Å². The summed E-state index contributed by atoms with van der Waals surface area (Å²) < 4.78 is 5.15. The van der Waals surface area contributed by atoms with E-state index in [2.05, 4.69) is 10.2 Å². The molecule has 3 rings (SSSR count). The zero-order chi connectivity index (χ0) is 16.2. The number of amides is 2. The van der Waals surface area contributed by atoms with Crippen molar-refractivity contribution in [2.24, 2.45) is 0 Å². The Labute approximate surface area is 138 Å². The molecule has 1 saturated heterocycles. The number of nitrogens with zero attached hydrogens (tertiary/aromatic N) is 2. The highest BCUT2D eigenvalue weighted by atomic mass is 35.5. The molecular formula is C16H16ClN3O3. The molecule has 7 heteroatoms. The van der Waals surface area contributed by atoms with E-state index >= 15 is 0 Å². The van der Waals surface area contributed by atoms with Crippen LogP contribution in [0.2, 0.25) is 5.02 Å². The first-order valence-electron chi connectivity index (χ1n) is 7.26. The molecule has 0 unspecified atom stereocenters. The number of hydrogen-bond donors (Lipinski definition) is 1. The average molecular weight is 334 g/mol. The Kier molecular flexibility index (Phi) is 4.52. The summed E-state index contributed by atoms with van der Waals surface area (Å²) >= 11 is 6.29. The highest BCUT2D eigenvalue weighted by molar-refractivity contribution is 6.33. The maximum Gasteiger partial charge on any atom is 0.289 e. The van der Waals surface area contributed by atoms with Gasteiger partial charge in [0.25, 0.3) is 5.91 Å². The fourth-order valence-electron chi connectivity index (χ4n) is 2.63. The standard InChI is InChI=1S/C16H16ClN3O3/c17-13-10-12(18-11-21)3-4-14(13)19-5-7-20(8-6-19)16(22)15-2-1-9-23-15/h1-4,9-11H,5-8H2,(H,18,21). The number of nitrogens with one attached hydrogen (secondary N) is 1. The molecule has 0 atom stereocenters. The predicted molar refractivity (Wildman–Crippen MR) is 88.0 cm³/mol. The Morgan fingerprint density at radius 3 is 2.61 bits per heavy atom. The minimum absolute atomic E-state index is 0.0914. The molecule has 2 amide bonds. The second kappa shape index (κ2) is 6.75. The zero-order valence-corrected chi connectivity index (χ0v) is 13.1. The molecule has 1 fully saturated rings. The lowest BCUT2D eigenvalue weighted by Crippen LogP contribution is -2.48. The number of hydrogen-bond acceptors (Lipinski definition) is 4. The van der Waals surface area contributed by atoms with Crippen LogP contribution in [-0.2, 0) is 4.79 Å². The lowest BCUT2D eigenvalue weighted by atomic mass is 10.2. The van der Waals surface area contributed by atoms with Crippen molar-refractivity contribution < 1.29 is 14.0 Å². The summed E-state index contributed by atoms with van der Waals surface area (Å²) in [4.78, 5) is 26.6. The van der Waals surface area contributed by atoms with Crippen LogP contribution in [0.4, 0.5) is 11.4 Å². The van der Waals surface area contributed by atoms with E-state index in [0.29, 0.717) is 49.1 Å². The van der Waals surface area contributed by atoms with E-state index in [1.807, 2.05) is 6.07 Å². The number of carbonyl (C=O) groups is 2. The van der Waals surface area contributed by atoms with Gasteiger partial charge in [0.1, 0.15) is 0 Å². The molecule has 1 N–H and O–H groups in total. The third-order valence-electron chi connectivity index (χ3n) is 3.81. The summed E-state index contributed by atoms with van der Waals surface area (Å²) in [5.74, 6) is 0.270. The van der Waals surface area contributed by atoms with Crippen molar-refractivity contribution in [2.45, 2.75) is 0 Å². The van der Waals surface area contributed by atoms with Crippen LogP contribution in [0, 0.1) is 0 Å². The van der Waals surface area contributed by atoms with Gasteiger partial charge in [0.2, 0.25) is 6.41 Å². The van der Waals surface area contributed by atoms with Gasteiger partial charge in [0.15, 0.2) is 5.76 Å². The lowest BCUT2D eigenvalue weighted by Gasteiger charge is -2.36. The summed E-state index contributed by atoms with van der Waals surface area (Å²) in [6, 6.07) is 8.77. The van der Waals surface area contributed by atoms with Crippen molar-refractivity contribution in [3.63, 3.8) is 0 Å². The summed E-state index contributed by atoms with van der Waals surface area (Å²) in [7, 11) is 0. The molecule has 1 aromatic heterocycles. The first kappa shape index (κ1) is 15.4. The summed E-state index contributed by atoms with van der Waals surface area (Å²) in [6.07, 6.45) is 2.11. The highest BCUT2D eigenvalue weighted by Gasteiger charge is 2.24. The Hall–Kier alpha value is -2.47. The maximum absolute atomic E-state index is 12.2. The molecule has 6 nitrogen and oxygen atoms in total. The number of benzene rings is 1. The molecule has 1 aromatic carbocycles. The van der Waals surface area contributed by atoms with Crippen molar-refractivity contribution in [3.8, 4) is 0 Å². The number of furan rings is 1. The van der Waals surface area contributed by atoms with E-state index in [-0.39, 0.29) is 5.91 Å². The lowest BCUT2D eigenvalue weighted by molar-refractivity contribution is -0.105. The second-order valence-corrected chi connectivity index (χ2v) is 5.59. The monoisotopic (exact) mass is 333 g/mol. The van der Waals surface area contributed by atoms with Crippen LogP contribution in [0.25, 0.3) is 0 Å². The molecule has 2 aromatic rings. The molecule has 2 heterocycles. The van der Waals surface area contributed by atoms with Crippen molar-refractivity contribution in [1.82, 2.24) is 4.90 Å². The topological polar surface area (TPSA) is 65.8 Å². The van der Waals surface area contributed by atoms with Gasteiger partial charge in [-0.2, -0.15) is 0 Å². The number of anilines is 2. The predicted octanol–water partition coefficient (Wildman–Crippen LogP) is 2.46. The van der Waals surface area contributed by atoms with E-state index in [0.717, 1.165) is 5.69 Å². The van der Waals surface area contributed by atoms with Gasteiger partial charge in [-0.3, -0.25) is 9.59 Å². The summed E-state index contributed by atoms with van der Waals surface area (Å²) in [5.41, 5.74) is 1.55. The van der Waals surface area contributed by atoms with E-state index in [1.54, 1.807) is 29.2 Å². The highest BCUT2D eigenvalue weighted by Crippen LogP contribution is 2.29. The van der Waals surface area contributed by atoms with Crippen LogP contribution in [0.15, 0.2) is 41.0 Å². The summed E-state index contributed by atoms with van der Waals surface area (Å²) in [6.45, 7) is 2.58. The Morgan fingerprint density at radius 1 is 1.22 bits per heavy atom. The molecule has 23 heavy (non-hydrogen) atoms. The largest absolute Gasteiger partial charge is 0.459 e. The molecular weight excluding hydrogens is 318 g/mol. The maximum atomic E-state index is 12.2. The Bertz CT molecular complexity index is 695. The molecule has 1 aliphatic rings. The third-order valence-corrected chi connectivity index (χ3v) is 4.12. The molecule has 0 spiro atoms. The fourth-order valence-corrected chi connectivity index (χ4v) is 2.93. The van der Waals surface area contributed by atoms with E-state index in [1.165, 1.54) is 6.26 Å². The Morgan fingerprint density at radius 2 is 2.00 bits per heavy atom. The van der Waals surface area contributed by atoms with Crippen molar-refractivity contribution in [2.75, 3.05) is 36.4 Å². The SMILES string of the molecule is O=CNc1ccc(N2CCN(C(=O)c3ccco3)CC2)c(Cl)c1. The van der Waals surface area contributed by atoms with Crippen LogP contribution in [-0.4, -0.2) is 43.4 Å². The molecule has 0 aliphatic carbocycles. The number of rotatable bonds is 4. The van der Waals surface area contributed by atoms with Gasteiger partial charge in [0, 0.05) is 31.9 Å². The van der Waals surface area contributed by atoms with Crippen LogP contribution >= 0.6 is 11.6 Å². The van der Waals surface area contributed by atoms with Crippen LogP contribution in [0.5, 0.6) is 0 Å². The average Bonchev–Trinajstić information content (AvgIpc) is 3.09. The van der Waals surface area contributed by atoms with Crippen LogP contribution in [0.3, 0.4) is 0 Å². The van der Waals surface area contributed by atoms with Gasteiger partial charge in [-0.15, -0.1) is 0 Å². The molecule has 120 valence electrons. The third kappa shape index (κ3) is 3.32. The van der Waals surface area contributed by atoms with E-state index in [4.69, 9.17) is 16.0 Å².